The zero-order chi connectivity index (χ0) is 13.5. The molecule has 6 heteroatoms. The van der Waals surface area contributed by atoms with E-state index in [1.165, 1.54) is 13.3 Å². The molecule has 0 spiro atoms. The highest BCUT2D eigenvalue weighted by Crippen LogP contribution is 2.22. The number of esters is 1. The van der Waals surface area contributed by atoms with E-state index in [-0.39, 0.29) is 5.57 Å². The minimum Gasteiger partial charge on any atom is -0.465 e. The summed E-state index contributed by atoms with van der Waals surface area (Å²) in [4.78, 5) is 11.5. The van der Waals surface area contributed by atoms with Crippen molar-refractivity contribution in [1.82, 2.24) is 0 Å². The van der Waals surface area contributed by atoms with E-state index in [0.717, 1.165) is 4.47 Å². The maximum atomic E-state index is 11.5. The number of halogens is 1. The highest BCUT2D eigenvalue weighted by Gasteiger charge is 2.11. The Bertz CT molecular complexity index is 566. The summed E-state index contributed by atoms with van der Waals surface area (Å²) in [6.07, 6.45) is 1.23. The molecule has 1 aromatic carbocycles. The second-order valence-electron chi connectivity index (χ2n) is 3.11. The summed E-state index contributed by atoms with van der Waals surface area (Å²) >= 11 is 3.25. The van der Waals surface area contributed by atoms with Crippen molar-refractivity contribution >= 4 is 27.6 Å². The first-order chi connectivity index (χ1) is 8.62. The van der Waals surface area contributed by atoms with Gasteiger partial charge in [0.15, 0.2) is 0 Å². The van der Waals surface area contributed by atoms with Crippen molar-refractivity contribution in [2.45, 2.75) is 0 Å². The van der Waals surface area contributed by atoms with Crippen molar-refractivity contribution in [1.29, 1.82) is 10.5 Å². The number of allylic oxidation sites excluding steroid dienone is 1. The highest BCUT2D eigenvalue weighted by atomic mass is 79.9. The van der Waals surface area contributed by atoms with Gasteiger partial charge in [0.1, 0.15) is 17.7 Å². The van der Waals surface area contributed by atoms with Gasteiger partial charge in [-0.25, -0.2) is 4.79 Å². The number of anilines is 1. The van der Waals surface area contributed by atoms with Crippen LogP contribution in [0.4, 0.5) is 5.69 Å². The molecular formula is C12H8BrN3O2. The van der Waals surface area contributed by atoms with Crippen LogP contribution < -0.4 is 5.32 Å². The van der Waals surface area contributed by atoms with Crippen LogP contribution in [-0.2, 0) is 4.74 Å². The van der Waals surface area contributed by atoms with E-state index in [1.807, 2.05) is 0 Å². The lowest BCUT2D eigenvalue weighted by molar-refractivity contribution is 0.0602. The van der Waals surface area contributed by atoms with E-state index in [9.17, 15) is 4.79 Å². The molecule has 1 rings (SSSR count). The summed E-state index contributed by atoms with van der Waals surface area (Å²) in [5.41, 5.74) is 0.667. The van der Waals surface area contributed by atoms with Gasteiger partial charge in [-0.05, 0) is 18.2 Å². The number of ether oxygens (including phenoxy) is 1. The zero-order valence-corrected chi connectivity index (χ0v) is 11.0. The Kier molecular flexibility index (Phi) is 4.91. The zero-order valence-electron chi connectivity index (χ0n) is 9.40. The molecule has 0 amide bonds. The molecule has 0 fully saturated rings. The van der Waals surface area contributed by atoms with Crippen molar-refractivity contribution in [3.8, 4) is 12.1 Å². The summed E-state index contributed by atoms with van der Waals surface area (Å²) < 4.78 is 5.36. The number of benzene rings is 1. The average molecular weight is 306 g/mol. The fourth-order valence-electron chi connectivity index (χ4n) is 1.16. The van der Waals surface area contributed by atoms with Gasteiger partial charge in [0.2, 0.25) is 0 Å². The highest BCUT2D eigenvalue weighted by molar-refractivity contribution is 9.10. The lowest BCUT2D eigenvalue weighted by atomic mass is 10.2. The van der Waals surface area contributed by atoms with Gasteiger partial charge in [0, 0.05) is 10.7 Å². The molecule has 1 aromatic rings. The van der Waals surface area contributed by atoms with Gasteiger partial charge < -0.3 is 10.1 Å². The Labute approximate surface area is 112 Å². The van der Waals surface area contributed by atoms with Gasteiger partial charge in [0.05, 0.1) is 18.4 Å². The number of nitrogens with zero attached hydrogens (tertiary/aromatic N) is 2. The molecule has 1 N–H and O–H groups in total. The quantitative estimate of drug-likeness (QED) is 0.685. The van der Waals surface area contributed by atoms with Gasteiger partial charge in [-0.2, -0.15) is 10.5 Å². The molecule has 0 aliphatic carbocycles. The third-order valence-electron chi connectivity index (χ3n) is 2.00. The standard InChI is InChI=1S/C12H8BrN3O2/c1-18-12(17)10-4-9(13)2-3-11(10)16-7-8(5-14)6-15/h2-4,7,16H,1H3. The predicted molar refractivity (Wildman–Crippen MR) is 68.4 cm³/mol. The monoisotopic (exact) mass is 305 g/mol. The Hall–Kier alpha value is -2.31. The number of nitrogens with one attached hydrogen (secondary N) is 1. The summed E-state index contributed by atoms with van der Waals surface area (Å²) in [7, 11) is 1.28. The largest absolute Gasteiger partial charge is 0.465 e. The number of carbonyl (C=O) groups is 1. The first kappa shape index (κ1) is 13.8. The normalized spacial score (nSPS) is 8.67. The fourth-order valence-corrected chi connectivity index (χ4v) is 1.52. The van der Waals surface area contributed by atoms with Crippen LogP contribution in [0.2, 0.25) is 0 Å². The van der Waals surface area contributed by atoms with E-state index in [2.05, 4.69) is 26.0 Å². The van der Waals surface area contributed by atoms with Gasteiger partial charge in [-0.15, -0.1) is 0 Å². The van der Waals surface area contributed by atoms with Gasteiger partial charge in [0.25, 0.3) is 0 Å². The van der Waals surface area contributed by atoms with Crippen LogP contribution in [0.15, 0.2) is 34.4 Å². The maximum Gasteiger partial charge on any atom is 0.340 e. The second-order valence-corrected chi connectivity index (χ2v) is 4.02. The third kappa shape index (κ3) is 3.34. The van der Waals surface area contributed by atoms with E-state index in [0.29, 0.717) is 11.3 Å². The Morgan fingerprint density at radius 2 is 2.11 bits per heavy atom. The Balaban J connectivity index is 3.11. The number of nitriles is 2. The molecule has 0 bridgehead atoms. The molecule has 0 radical (unpaired) electrons. The minimum atomic E-state index is -0.511. The first-order valence-electron chi connectivity index (χ1n) is 4.77. The summed E-state index contributed by atoms with van der Waals surface area (Å²) in [6, 6.07) is 8.36. The second kappa shape index (κ2) is 6.43. The van der Waals surface area contributed by atoms with E-state index in [1.54, 1.807) is 30.3 Å². The number of rotatable bonds is 3. The summed E-state index contributed by atoms with van der Waals surface area (Å²) in [5.74, 6) is -0.511. The Morgan fingerprint density at radius 1 is 1.44 bits per heavy atom. The average Bonchev–Trinajstić information content (AvgIpc) is 2.40. The van der Waals surface area contributed by atoms with Crippen LogP contribution in [0.1, 0.15) is 10.4 Å². The SMILES string of the molecule is COC(=O)c1cc(Br)ccc1NC=C(C#N)C#N. The number of hydrogen-bond acceptors (Lipinski definition) is 5. The molecule has 5 nitrogen and oxygen atoms in total. The number of hydrogen-bond donors (Lipinski definition) is 1. The van der Waals surface area contributed by atoms with E-state index < -0.39 is 5.97 Å². The molecular weight excluding hydrogens is 298 g/mol. The topological polar surface area (TPSA) is 85.9 Å². The lowest BCUT2D eigenvalue weighted by Gasteiger charge is -2.07. The summed E-state index contributed by atoms with van der Waals surface area (Å²) in [5, 5.41) is 19.9. The smallest absolute Gasteiger partial charge is 0.340 e. The molecule has 0 atom stereocenters. The fraction of sp³-hybridized carbons (Fsp3) is 0.0833. The van der Waals surface area contributed by atoms with Crippen molar-refractivity contribution in [2.75, 3.05) is 12.4 Å². The van der Waals surface area contributed by atoms with E-state index >= 15 is 0 Å². The first-order valence-corrected chi connectivity index (χ1v) is 5.56. The molecule has 0 unspecified atom stereocenters. The molecule has 90 valence electrons. The van der Waals surface area contributed by atoms with E-state index in [4.69, 9.17) is 10.5 Å². The molecule has 0 saturated carbocycles. The van der Waals surface area contributed by atoms with Crippen molar-refractivity contribution in [3.05, 3.63) is 40.0 Å². The molecule has 0 saturated heterocycles. The van der Waals surface area contributed by atoms with Crippen molar-refractivity contribution < 1.29 is 9.53 Å². The number of carbonyl (C=O) groups excluding carboxylic acids is 1. The maximum absolute atomic E-state index is 11.5. The molecule has 0 aliphatic rings. The van der Waals surface area contributed by atoms with Crippen LogP contribution in [0, 0.1) is 22.7 Å². The van der Waals surface area contributed by atoms with Gasteiger partial charge in [-0.3, -0.25) is 0 Å². The molecule has 0 aromatic heterocycles. The van der Waals surface area contributed by atoms with Crippen LogP contribution in [0.5, 0.6) is 0 Å². The third-order valence-corrected chi connectivity index (χ3v) is 2.49. The van der Waals surface area contributed by atoms with Crippen LogP contribution in [-0.4, -0.2) is 13.1 Å². The number of methoxy groups -OCH3 is 1. The molecule has 0 aliphatic heterocycles. The Morgan fingerprint density at radius 3 is 2.67 bits per heavy atom. The van der Waals surface area contributed by atoms with Gasteiger partial charge in [-0.1, -0.05) is 15.9 Å². The summed E-state index contributed by atoms with van der Waals surface area (Å²) in [6.45, 7) is 0. The lowest BCUT2D eigenvalue weighted by Crippen LogP contribution is -2.05. The van der Waals surface area contributed by atoms with Gasteiger partial charge >= 0.3 is 5.97 Å². The van der Waals surface area contributed by atoms with Crippen LogP contribution in [0.25, 0.3) is 0 Å². The minimum absolute atomic E-state index is 0.0891. The molecule has 0 heterocycles. The van der Waals surface area contributed by atoms with Crippen molar-refractivity contribution in [2.24, 2.45) is 0 Å². The molecule has 18 heavy (non-hydrogen) atoms. The predicted octanol–water partition coefficient (Wildman–Crippen LogP) is 2.58. The van der Waals surface area contributed by atoms with Crippen molar-refractivity contribution in [3.63, 3.8) is 0 Å². The van der Waals surface area contributed by atoms with Crippen LogP contribution in [0.3, 0.4) is 0 Å². The van der Waals surface area contributed by atoms with Crippen LogP contribution >= 0.6 is 15.9 Å².